The lowest BCUT2D eigenvalue weighted by Crippen LogP contribution is -1.98. The number of benzene rings is 2. The van der Waals surface area contributed by atoms with Crippen LogP contribution in [0.15, 0.2) is 42.5 Å². The van der Waals surface area contributed by atoms with E-state index < -0.39 is 0 Å². The lowest BCUT2D eigenvalue weighted by Gasteiger charge is -2.05. The number of aromatic nitrogens is 2. The van der Waals surface area contributed by atoms with Crippen LogP contribution in [-0.2, 0) is 0 Å². The molecule has 0 spiro atoms. The largest absolute Gasteiger partial charge is 0.497 e. The second-order valence-corrected chi connectivity index (χ2v) is 4.58. The minimum atomic E-state index is 0.838. The van der Waals surface area contributed by atoms with E-state index >= 15 is 0 Å². The van der Waals surface area contributed by atoms with Crippen molar-refractivity contribution in [3.05, 3.63) is 48.2 Å². The smallest absolute Gasteiger partial charge is 0.119 e. The fraction of sp³-hybridized carbons (Fsp3) is 0.188. The van der Waals surface area contributed by atoms with E-state index in [9.17, 15) is 0 Å². The Hall–Kier alpha value is -2.49. The Morgan fingerprint density at radius 1 is 0.900 bits per heavy atom. The first-order chi connectivity index (χ1) is 9.72. The van der Waals surface area contributed by atoms with Gasteiger partial charge in [-0.1, -0.05) is 0 Å². The molecule has 20 heavy (non-hydrogen) atoms. The Labute approximate surface area is 117 Å². The van der Waals surface area contributed by atoms with Gasteiger partial charge >= 0.3 is 0 Å². The van der Waals surface area contributed by atoms with Crippen molar-refractivity contribution in [3.63, 3.8) is 0 Å². The van der Waals surface area contributed by atoms with E-state index in [-0.39, 0.29) is 0 Å². The van der Waals surface area contributed by atoms with Crippen LogP contribution in [0.25, 0.3) is 16.6 Å². The van der Waals surface area contributed by atoms with Gasteiger partial charge in [-0.25, -0.2) is 4.68 Å². The molecule has 4 nitrogen and oxygen atoms in total. The monoisotopic (exact) mass is 268 g/mol. The molecule has 0 saturated carbocycles. The number of rotatable bonds is 3. The first kappa shape index (κ1) is 12.5. The lowest BCUT2D eigenvalue weighted by atomic mass is 10.2. The highest BCUT2D eigenvalue weighted by Crippen LogP contribution is 2.25. The van der Waals surface area contributed by atoms with Crippen molar-refractivity contribution in [3.8, 4) is 17.2 Å². The molecule has 3 aromatic rings. The van der Waals surface area contributed by atoms with Gasteiger partial charge in [0.1, 0.15) is 11.5 Å². The predicted octanol–water partition coefficient (Wildman–Crippen LogP) is 3.35. The van der Waals surface area contributed by atoms with Crippen LogP contribution in [0.1, 0.15) is 5.69 Å². The summed E-state index contributed by atoms with van der Waals surface area (Å²) in [5, 5.41) is 5.73. The molecule has 0 N–H and O–H groups in total. The summed E-state index contributed by atoms with van der Waals surface area (Å²) in [6.45, 7) is 2.05. The van der Waals surface area contributed by atoms with E-state index in [0.29, 0.717) is 0 Å². The Balaban J connectivity index is 2.13. The third-order valence-corrected chi connectivity index (χ3v) is 3.44. The Morgan fingerprint density at radius 3 is 2.20 bits per heavy atom. The molecule has 0 aliphatic heterocycles. The second-order valence-electron chi connectivity index (χ2n) is 4.58. The molecule has 3 rings (SSSR count). The average Bonchev–Trinajstić information content (AvgIpc) is 2.84. The van der Waals surface area contributed by atoms with Crippen molar-refractivity contribution in [2.45, 2.75) is 6.92 Å². The van der Waals surface area contributed by atoms with Crippen LogP contribution in [-0.4, -0.2) is 24.0 Å². The van der Waals surface area contributed by atoms with Gasteiger partial charge in [-0.3, -0.25) is 0 Å². The number of nitrogens with zero attached hydrogens (tertiary/aromatic N) is 2. The minimum Gasteiger partial charge on any atom is -0.497 e. The first-order valence-corrected chi connectivity index (χ1v) is 6.40. The zero-order valence-electron chi connectivity index (χ0n) is 11.8. The number of ether oxygens (including phenoxy) is 2. The molecule has 0 saturated heterocycles. The Morgan fingerprint density at radius 2 is 1.55 bits per heavy atom. The summed E-state index contributed by atoms with van der Waals surface area (Å²) in [5.74, 6) is 1.68. The van der Waals surface area contributed by atoms with Gasteiger partial charge in [0.15, 0.2) is 0 Å². The molecular formula is C16H16N2O2. The molecule has 1 aromatic heterocycles. The van der Waals surface area contributed by atoms with Crippen molar-refractivity contribution < 1.29 is 9.47 Å². The Kier molecular flexibility index (Phi) is 3.06. The molecule has 1 heterocycles. The highest BCUT2D eigenvalue weighted by atomic mass is 16.5. The van der Waals surface area contributed by atoms with E-state index in [4.69, 9.17) is 9.47 Å². The molecule has 0 aliphatic rings. The van der Waals surface area contributed by atoms with Gasteiger partial charge in [-0.15, -0.1) is 0 Å². The molecule has 0 radical (unpaired) electrons. The molecule has 0 bridgehead atoms. The molecule has 0 amide bonds. The highest BCUT2D eigenvalue weighted by molar-refractivity contribution is 5.83. The van der Waals surface area contributed by atoms with E-state index in [1.165, 1.54) is 0 Å². The van der Waals surface area contributed by atoms with E-state index in [0.717, 1.165) is 33.8 Å². The topological polar surface area (TPSA) is 36.3 Å². The average molecular weight is 268 g/mol. The fourth-order valence-corrected chi connectivity index (χ4v) is 2.29. The van der Waals surface area contributed by atoms with Gasteiger partial charge in [0.25, 0.3) is 0 Å². The van der Waals surface area contributed by atoms with Crippen LogP contribution in [0.5, 0.6) is 11.5 Å². The number of hydrogen-bond acceptors (Lipinski definition) is 3. The standard InChI is InChI=1S/C16H16N2O2/c1-11-15-10-14(20-3)8-9-16(15)17-18(11)12-4-6-13(19-2)7-5-12/h4-10H,1-3H3. The summed E-state index contributed by atoms with van der Waals surface area (Å²) < 4.78 is 12.4. The minimum absolute atomic E-state index is 0.838. The molecule has 102 valence electrons. The van der Waals surface area contributed by atoms with Crippen LogP contribution in [0, 0.1) is 6.92 Å². The molecule has 4 heteroatoms. The molecule has 0 atom stereocenters. The van der Waals surface area contributed by atoms with E-state index in [2.05, 4.69) is 12.0 Å². The summed E-state index contributed by atoms with van der Waals surface area (Å²) >= 11 is 0. The third kappa shape index (κ3) is 1.99. The molecule has 0 unspecified atom stereocenters. The SMILES string of the molecule is COc1ccc(-n2nc3ccc(OC)cc3c2C)cc1. The third-order valence-electron chi connectivity index (χ3n) is 3.44. The van der Waals surface area contributed by atoms with Crippen LogP contribution < -0.4 is 9.47 Å². The van der Waals surface area contributed by atoms with E-state index in [1.807, 2.05) is 47.1 Å². The summed E-state index contributed by atoms with van der Waals surface area (Å²) in [6.07, 6.45) is 0. The predicted molar refractivity (Wildman–Crippen MR) is 78.9 cm³/mol. The van der Waals surface area contributed by atoms with Crippen molar-refractivity contribution in [1.29, 1.82) is 0 Å². The van der Waals surface area contributed by atoms with Crippen LogP contribution in [0.2, 0.25) is 0 Å². The quantitative estimate of drug-likeness (QED) is 0.731. The number of hydrogen-bond donors (Lipinski definition) is 0. The van der Waals surface area contributed by atoms with Gasteiger partial charge in [-0.05, 0) is 49.4 Å². The molecule has 0 aliphatic carbocycles. The zero-order chi connectivity index (χ0) is 14.1. The van der Waals surface area contributed by atoms with Gasteiger partial charge < -0.3 is 9.47 Å². The van der Waals surface area contributed by atoms with Crippen LogP contribution >= 0.6 is 0 Å². The highest BCUT2D eigenvalue weighted by Gasteiger charge is 2.09. The van der Waals surface area contributed by atoms with Gasteiger partial charge in [0, 0.05) is 11.1 Å². The van der Waals surface area contributed by atoms with E-state index in [1.54, 1.807) is 14.2 Å². The van der Waals surface area contributed by atoms with Crippen LogP contribution in [0.3, 0.4) is 0 Å². The van der Waals surface area contributed by atoms with Crippen molar-refractivity contribution >= 4 is 10.9 Å². The van der Waals surface area contributed by atoms with Crippen molar-refractivity contribution in [1.82, 2.24) is 9.78 Å². The first-order valence-electron chi connectivity index (χ1n) is 6.40. The van der Waals surface area contributed by atoms with Gasteiger partial charge in [0.2, 0.25) is 0 Å². The van der Waals surface area contributed by atoms with Crippen LogP contribution in [0.4, 0.5) is 0 Å². The van der Waals surface area contributed by atoms with Gasteiger partial charge in [0.05, 0.1) is 25.4 Å². The van der Waals surface area contributed by atoms with Crippen molar-refractivity contribution in [2.75, 3.05) is 14.2 Å². The fourth-order valence-electron chi connectivity index (χ4n) is 2.29. The summed E-state index contributed by atoms with van der Waals surface area (Å²) in [5.41, 5.74) is 3.06. The summed E-state index contributed by atoms with van der Waals surface area (Å²) in [4.78, 5) is 0. The normalized spacial score (nSPS) is 10.8. The maximum atomic E-state index is 5.27. The molecule has 2 aromatic carbocycles. The summed E-state index contributed by atoms with van der Waals surface area (Å²) in [7, 11) is 3.33. The maximum Gasteiger partial charge on any atom is 0.119 e. The second kappa shape index (κ2) is 4.89. The number of fused-ring (bicyclic) bond motifs is 1. The Bertz CT molecular complexity index is 745. The van der Waals surface area contributed by atoms with Gasteiger partial charge in [-0.2, -0.15) is 5.10 Å². The molecule has 0 fully saturated rings. The number of methoxy groups -OCH3 is 2. The van der Waals surface area contributed by atoms with Crippen molar-refractivity contribution in [2.24, 2.45) is 0 Å². The zero-order valence-corrected chi connectivity index (χ0v) is 11.8. The number of aryl methyl sites for hydroxylation is 1. The lowest BCUT2D eigenvalue weighted by molar-refractivity contribution is 0.414. The molecular weight excluding hydrogens is 252 g/mol. The summed E-state index contributed by atoms with van der Waals surface area (Å²) in [6, 6.07) is 13.8. The maximum absolute atomic E-state index is 5.27.